The zero-order valence-corrected chi connectivity index (χ0v) is 25.5. The molecule has 2 saturated heterocycles. The van der Waals surface area contributed by atoms with Gasteiger partial charge in [-0.25, -0.2) is 18.4 Å². The molecule has 3 aromatic heterocycles. The Bertz CT molecular complexity index is 2150. The van der Waals surface area contributed by atoms with Crippen molar-refractivity contribution in [2.45, 2.75) is 38.5 Å². The number of nitrogens with one attached hydrogen (secondary N) is 2. The maximum Gasteiger partial charge on any atom is 0.302 e. The van der Waals surface area contributed by atoms with Gasteiger partial charge in [0.05, 0.1) is 43.0 Å². The highest BCUT2D eigenvalue weighted by atomic mass is 32.2. The third-order valence-electron chi connectivity index (χ3n) is 9.34. The van der Waals surface area contributed by atoms with E-state index in [2.05, 4.69) is 19.8 Å². The largest absolute Gasteiger partial charge is 0.433 e. The molecule has 8 rings (SSSR count). The van der Waals surface area contributed by atoms with Gasteiger partial charge < -0.3 is 25.3 Å². The topological polar surface area (TPSA) is 161 Å². The normalized spacial score (nSPS) is 22.7. The number of hydrogen-bond acceptors (Lipinski definition) is 8. The molecule has 1 aliphatic carbocycles. The Balaban J connectivity index is 1.03. The van der Waals surface area contributed by atoms with Crippen LogP contribution in [0, 0.1) is 30.9 Å². The van der Waals surface area contributed by atoms with E-state index in [9.17, 15) is 22.3 Å². The fraction of sp³-hybridized carbons (Fsp3) is 0.290. The number of aromatic amines is 1. The van der Waals surface area contributed by atoms with Crippen LogP contribution in [0.2, 0.25) is 0 Å². The monoisotopic (exact) mass is 649 g/mol. The second-order valence-electron chi connectivity index (χ2n) is 12.2. The van der Waals surface area contributed by atoms with Crippen molar-refractivity contribution in [2.24, 2.45) is 5.41 Å². The van der Waals surface area contributed by atoms with Crippen LogP contribution in [0.4, 0.5) is 20.3 Å². The molecule has 5 heterocycles. The molecule has 238 valence electrons. The highest BCUT2D eigenvalue weighted by molar-refractivity contribution is 7.90. The molecule has 5 aromatic rings. The molecule has 0 bridgehead atoms. The lowest BCUT2D eigenvalue weighted by Gasteiger charge is -2.40. The van der Waals surface area contributed by atoms with Crippen molar-refractivity contribution < 1.29 is 31.8 Å². The molecule has 15 heteroatoms. The highest BCUT2D eigenvalue weighted by Crippen LogP contribution is 2.67. The fourth-order valence-electron chi connectivity index (χ4n) is 6.77. The van der Waals surface area contributed by atoms with Gasteiger partial charge in [-0.05, 0) is 61.7 Å². The Morgan fingerprint density at radius 1 is 1.15 bits per heavy atom. The third-order valence-corrected chi connectivity index (χ3v) is 10.9. The van der Waals surface area contributed by atoms with Crippen LogP contribution in [0.5, 0.6) is 11.6 Å². The first kappa shape index (κ1) is 28.9. The standard InChI is InChI=1S/C31H29F2N7O5S/c1-15-6-17-8-23(37-22(17)9-21(15)38-46(42,43)40-25-10-31(25)14-44-13-26(31)40)28(41)18-11-36-39(30(18)34)24-12-35-27(7-16(24)2)45-29-19(32)4-3-5-20(29)33/h3-9,11-12,25-26,28,37-38,41H,10,13-14,34H2,1-2H3. The van der Waals surface area contributed by atoms with Crippen molar-refractivity contribution in [3.8, 4) is 17.3 Å². The molecule has 2 aliphatic heterocycles. The van der Waals surface area contributed by atoms with Crippen LogP contribution >= 0.6 is 0 Å². The smallest absolute Gasteiger partial charge is 0.302 e. The van der Waals surface area contributed by atoms with Gasteiger partial charge in [-0.15, -0.1) is 0 Å². The minimum Gasteiger partial charge on any atom is -0.433 e. The molecule has 0 amide bonds. The van der Waals surface area contributed by atoms with E-state index < -0.39 is 33.7 Å². The molecule has 4 atom stereocenters. The van der Waals surface area contributed by atoms with Crippen molar-refractivity contribution in [2.75, 3.05) is 23.7 Å². The third kappa shape index (κ3) is 4.30. The van der Waals surface area contributed by atoms with Gasteiger partial charge in [0, 0.05) is 39.7 Å². The Hall–Kier alpha value is -4.57. The molecule has 3 aliphatic rings. The van der Waals surface area contributed by atoms with E-state index in [-0.39, 0.29) is 29.2 Å². The van der Waals surface area contributed by atoms with Gasteiger partial charge in [-0.1, -0.05) is 6.07 Å². The van der Waals surface area contributed by atoms with E-state index in [4.69, 9.17) is 15.2 Å². The number of fused-ring (bicyclic) bond motifs is 1. The van der Waals surface area contributed by atoms with E-state index in [0.29, 0.717) is 46.9 Å². The Labute approximate surface area is 261 Å². The minimum absolute atomic E-state index is 0.00471. The summed E-state index contributed by atoms with van der Waals surface area (Å²) < 4.78 is 71.3. The SMILES string of the molecule is Cc1cc2cc(C(O)c3cnn(-c4cnc(Oc5c(F)cccc5F)cc4C)c3N)[nH]c2cc1NS(=O)(=O)N1C2COCC23CC13. The average Bonchev–Trinajstić information content (AvgIpc) is 3.31. The van der Waals surface area contributed by atoms with Gasteiger partial charge in [-0.2, -0.15) is 17.8 Å². The van der Waals surface area contributed by atoms with E-state index in [1.807, 2.05) is 13.0 Å². The predicted octanol–water partition coefficient (Wildman–Crippen LogP) is 4.23. The zero-order chi connectivity index (χ0) is 32.1. The number of anilines is 2. The van der Waals surface area contributed by atoms with Crippen LogP contribution < -0.4 is 15.2 Å². The maximum absolute atomic E-state index is 14.0. The lowest BCUT2D eigenvalue weighted by molar-refractivity contribution is 0.144. The summed E-state index contributed by atoms with van der Waals surface area (Å²) in [5.74, 6) is -2.15. The summed E-state index contributed by atoms with van der Waals surface area (Å²) in [6, 6.07) is 10.1. The maximum atomic E-state index is 14.0. The summed E-state index contributed by atoms with van der Waals surface area (Å²) in [6.45, 7) is 4.58. The van der Waals surface area contributed by atoms with Gasteiger partial charge in [0.25, 0.3) is 0 Å². The number of ether oxygens (including phenoxy) is 2. The van der Waals surface area contributed by atoms with Crippen molar-refractivity contribution in [3.63, 3.8) is 0 Å². The predicted molar refractivity (Wildman–Crippen MR) is 164 cm³/mol. The first-order valence-electron chi connectivity index (χ1n) is 14.6. The first-order chi connectivity index (χ1) is 22.0. The van der Waals surface area contributed by atoms with E-state index in [1.54, 1.807) is 19.1 Å². The summed E-state index contributed by atoms with van der Waals surface area (Å²) in [6.07, 6.45) is 2.49. The number of aliphatic hydroxyl groups is 1. The number of benzene rings is 2. The highest BCUT2D eigenvalue weighted by Gasteiger charge is 2.78. The number of pyridine rings is 1. The Kier molecular flexibility index (Phi) is 6.25. The molecular weight excluding hydrogens is 620 g/mol. The van der Waals surface area contributed by atoms with E-state index in [0.717, 1.165) is 29.5 Å². The average molecular weight is 650 g/mol. The molecule has 2 aromatic carbocycles. The van der Waals surface area contributed by atoms with E-state index >= 15 is 0 Å². The molecule has 5 N–H and O–H groups in total. The number of hydrogen-bond donors (Lipinski definition) is 4. The number of nitrogens with zero attached hydrogens (tertiary/aromatic N) is 4. The van der Waals surface area contributed by atoms with Gasteiger partial charge in [0.2, 0.25) is 11.6 Å². The zero-order valence-electron chi connectivity index (χ0n) is 24.7. The van der Waals surface area contributed by atoms with Crippen LogP contribution in [0.1, 0.15) is 34.9 Å². The van der Waals surface area contributed by atoms with Crippen LogP contribution in [0.3, 0.4) is 0 Å². The molecule has 12 nitrogen and oxygen atoms in total. The molecular formula is C31H29F2N7O5S. The first-order valence-corrected chi connectivity index (χ1v) is 16.0. The fourth-order valence-corrected chi connectivity index (χ4v) is 8.60. The van der Waals surface area contributed by atoms with Crippen molar-refractivity contribution in [1.82, 2.24) is 24.1 Å². The number of rotatable bonds is 8. The lowest BCUT2D eigenvalue weighted by atomic mass is 9.93. The number of aryl methyl sites for hydroxylation is 2. The Morgan fingerprint density at radius 3 is 2.70 bits per heavy atom. The molecule has 1 spiro atoms. The molecule has 4 unspecified atom stereocenters. The van der Waals surface area contributed by atoms with Crippen LogP contribution in [0.25, 0.3) is 16.6 Å². The quantitative estimate of drug-likeness (QED) is 0.194. The summed E-state index contributed by atoms with van der Waals surface area (Å²) in [5.41, 5.74) is 10.0. The number of aromatic nitrogens is 4. The number of nitrogen functional groups attached to an aromatic ring is 1. The van der Waals surface area contributed by atoms with Gasteiger partial charge >= 0.3 is 10.2 Å². The molecule has 3 fully saturated rings. The van der Waals surface area contributed by atoms with Gasteiger partial charge in [0.1, 0.15) is 11.9 Å². The van der Waals surface area contributed by atoms with Crippen molar-refractivity contribution >= 4 is 32.6 Å². The molecule has 0 radical (unpaired) electrons. The summed E-state index contributed by atoms with van der Waals surface area (Å²) in [4.78, 5) is 7.34. The van der Waals surface area contributed by atoms with E-state index in [1.165, 1.54) is 33.5 Å². The van der Waals surface area contributed by atoms with Gasteiger partial charge in [-0.3, -0.25) is 4.72 Å². The van der Waals surface area contributed by atoms with Crippen LogP contribution in [-0.2, 0) is 14.9 Å². The summed E-state index contributed by atoms with van der Waals surface area (Å²) in [7, 11) is -3.78. The molecule has 46 heavy (non-hydrogen) atoms. The number of H-pyrrole nitrogens is 1. The number of para-hydroxylation sites is 1. The summed E-state index contributed by atoms with van der Waals surface area (Å²) in [5, 5.41) is 16.4. The lowest BCUT2D eigenvalue weighted by Crippen LogP contribution is -2.59. The van der Waals surface area contributed by atoms with Crippen molar-refractivity contribution in [3.05, 3.63) is 88.9 Å². The second kappa shape index (κ2) is 9.96. The van der Waals surface area contributed by atoms with Crippen molar-refractivity contribution in [1.29, 1.82) is 0 Å². The van der Waals surface area contributed by atoms with Crippen LogP contribution in [-0.4, -0.2) is 62.9 Å². The van der Waals surface area contributed by atoms with Gasteiger partial charge in [0.15, 0.2) is 11.6 Å². The Morgan fingerprint density at radius 2 is 1.93 bits per heavy atom. The summed E-state index contributed by atoms with van der Waals surface area (Å²) >= 11 is 0. The van der Waals surface area contributed by atoms with Crippen LogP contribution in [0.15, 0.2) is 54.9 Å². The number of halogens is 2. The second-order valence-corrected chi connectivity index (χ2v) is 13.7. The number of nitrogens with two attached hydrogens (primary N) is 1. The number of aliphatic hydroxyl groups excluding tert-OH is 1. The molecule has 1 saturated carbocycles. The minimum atomic E-state index is -3.78.